The van der Waals surface area contributed by atoms with Crippen LogP contribution >= 0.6 is 11.8 Å². The van der Waals surface area contributed by atoms with E-state index in [4.69, 9.17) is 14.2 Å². The number of carbonyl (C=O) groups excluding carboxylic acids is 10. The summed E-state index contributed by atoms with van der Waals surface area (Å²) in [6.45, 7) is 16.2. The quantitative estimate of drug-likeness (QED) is 0.0516. The third-order valence-electron chi connectivity index (χ3n) is 14.2. The van der Waals surface area contributed by atoms with E-state index in [2.05, 4.69) is 0 Å². The first-order valence-corrected chi connectivity index (χ1v) is 30.7. The lowest BCUT2D eigenvalue weighted by atomic mass is 10.0. The minimum Gasteiger partial charge on any atom is -0.490 e. The molecule has 0 saturated carbocycles. The van der Waals surface area contributed by atoms with Crippen LogP contribution < -0.4 is 14.2 Å². The molecular formula is C80H72O13S. The van der Waals surface area contributed by atoms with Crippen molar-refractivity contribution in [2.45, 2.75) is 79.0 Å². The Morgan fingerprint density at radius 3 is 0.649 bits per heavy atom. The minimum atomic E-state index is 0.0253. The van der Waals surface area contributed by atoms with E-state index in [1.165, 1.54) is 27.7 Å². The highest BCUT2D eigenvalue weighted by atomic mass is 32.2. The lowest BCUT2D eigenvalue weighted by Gasteiger charge is -2.09. The molecule has 0 atom stereocenters. The van der Waals surface area contributed by atoms with Crippen LogP contribution in [0.15, 0.2) is 240 Å². The average molecular weight is 1270 g/mol. The predicted octanol–water partition coefficient (Wildman–Crippen LogP) is 18.7. The van der Waals surface area contributed by atoms with E-state index in [0.717, 1.165) is 42.8 Å². The molecule has 0 saturated heterocycles. The van der Waals surface area contributed by atoms with Gasteiger partial charge in [-0.3, -0.25) is 47.9 Å². The van der Waals surface area contributed by atoms with Crippen LogP contribution in [0.25, 0.3) is 21.9 Å². The molecule has 0 aliphatic heterocycles. The third kappa shape index (κ3) is 23.0. The van der Waals surface area contributed by atoms with Crippen LogP contribution in [-0.4, -0.2) is 71.0 Å². The Hall–Kier alpha value is -11.1. The van der Waals surface area contributed by atoms with Crippen LogP contribution in [0, 0.1) is 0 Å². The molecule has 0 aliphatic rings. The molecule has 0 spiro atoms. The van der Waals surface area contributed by atoms with E-state index >= 15 is 0 Å². The van der Waals surface area contributed by atoms with Gasteiger partial charge in [-0.1, -0.05) is 109 Å². The summed E-state index contributed by atoms with van der Waals surface area (Å²) < 4.78 is 16.7. The minimum absolute atomic E-state index is 0.0253. The van der Waals surface area contributed by atoms with Crippen LogP contribution in [-0.2, 0) is 0 Å². The number of rotatable bonds is 20. The summed E-state index contributed by atoms with van der Waals surface area (Å²) in [5.74, 6) is 3.19. The van der Waals surface area contributed by atoms with Gasteiger partial charge in [0.05, 0.1) is 0 Å². The van der Waals surface area contributed by atoms with Crippen molar-refractivity contribution in [3.8, 4) is 34.1 Å². The van der Waals surface area contributed by atoms with E-state index < -0.39 is 0 Å². The number of hydrogen-bond donors (Lipinski definition) is 0. The second-order valence-electron chi connectivity index (χ2n) is 21.5. The van der Waals surface area contributed by atoms with E-state index in [0.29, 0.717) is 80.7 Å². The molecule has 0 fully saturated rings. The lowest BCUT2D eigenvalue weighted by Crippen LogP contribution is -2.09. The van der Waals surface area contributed by atoms with Gasteiger partial charge in [-0.15, -0.1) is 0 Å². The van der Waals surface area contributed by atoms with Crippen molar-refractivity contribution in [2.75, 3.05) is 13.2 Å². The normalized spacial score (nSPS) is 10.1. The molecular weight excluding hydrogens is 1200 g/mol. The Morgan fingerprint density at radius 2 is 0.426 bits per heavy atom. The molecule has 10 aromatic carbocycles. The number of carbonyl (C=O) groups is 10. The summed E-state index contributed by atoms with van der Waals surface area (Å²) in [6, 6.07) is 68.8. The molecule has 10 rings (SSSR count). The molecule has 0 radical (unpaired) electrons. The molecule has 0 aliphatic carbocycles. The molecule has 14 heteroatoms. The van der Waals surface area contributed by atoms with Gasteiger partial charge < -0.3 is 14.2 Å². The van der Waals surface area contributed by atoms with Crippen LogP contribution in [0.4, 0.5) is 0 Å². The van der Waals surface area contributed by atoms with Crippen molar-refractivity contribution in [1.29, 1.82) is 0 Å². The largest absolute Gasteiger partial charge is 0.490 e. The van der Waals surface area contributed by atoms with Gasteiger partial charge in [0.15, 0.2) is 57.8 Å². The zero-order chi connectivity index (χ0) is 68.4. The molecule has 0 amide bonds. The Bertz CT molecular complexity index is 3910. The molecule has 13 nitrogen and oxygen atoms in total. The summed E-state index contributed by atoms with van der Waals surface area (Å²) in [6.07, 6.45) is 0. The molecule has 0 N–H and O–H groups in total. The summed E-state index contributed by atoms with van der Waals surface area (Å²) in [4.78, 5) is 114. The van der Waals surface area contributed by atoms with E-state index in [-0.39, 0.29) is 57.8 Å². The zero-order valence-electron chi connectivity index (χ0n) is 54.1. The van der Waals surface area contributed by atoms with Gasteiger partial charge in [0.2, 0.25) is 0 Å². The lowest BCUT2D eigenvalue weighted by molar-refractivity contribution is 0.100. The number of ketones is 10. The smallest absolute Gasteiger partial charge is 0.159 e. The van der Waals surface area contributed by atoms with Gasteiger partial charge in [0.25, 0.3) is 0 Å². The maximum absolute atomic E-state index is 11.2. The van der Waals surface area contributed by atoms with Crippen LogP contribution in [0.3, 0.4) is 0 Å². The predicted molar refractivity (Wildman–Crippen MR) is 370 cm³/mol. The third-order valence-corrected chi connectivity index (χ3v) is 15.2. The maximum Gasteiger partial charge on any atom is 0.159 e. The molecule has 476 valence electrons. The number of fused-ring (bicyclic) bond motifs is 1. The first-order chi connectivity index (χ1) is 44.8. The number of Topliss-reactive ketones (excluding diaryl/α,β-unsaturated/α-hetero) is 10. The fraction of sp³-hybridized carbons (Fsp3) is 0.150. The number of benzene rings is 10. The van der Waals surface area contributed by atoms with Gasteiger partial charge in [-0.05, 0) is 225 Å². The summed E-state index contributed by atoms with van der Waals surface area (Å²) in [7, 11) is 0. The Labute approximate surface area is 552 Å². The topological polar surface area (TPSA) is 198 Å². The van der Waals surface area contributed by atoms with E-state index in [1.807, 2.05) is 121 Å². The van der Waals surface area contributed by atoms with Crippen molar-refractivity contribution in [3.05, 3.63) is 286 Å². The van der Waals surface area contributed by atoms with Crippen LogP contribution in [0.5, 0.6) is 23.0 Å². The molecule has 0 heterocycles. The molecule has 94 heavy (non-hydrogen) atoms. The summed E-state index contributed by atoms with van der Waals surface area (Å²) >= 11 is 1.61. The Morgan fingerprint density at radius 1 is 0.234 bits per heavy atom. The van der Waals surface area contributed by atoms with E-state index in [9.17, 15) is 47.9 Å². The first kappa shape index (κ1) is 72.0. The van der Waals surface area contributed by atoms with Crippen molar-refractivity contribution in [2.24, 2.45) is 0 Å². The fourth-order valence-corrected chi connectivity index (χ4v) is 9.49. The van der Waals surface area contributed by atoms with Crippen molar-refractivity contribution in [1.82, 2.24) is 0 Å². The van der Waals surface area contributed by atoms with Crippen LogP contribution in [0.2, 0.25) is 0 Å². The van der Waals surface area contributed by atoms with Crippen molar-refractivity contribution in [3.63, 3.8) is 0 Å². The van der Waals surface area contributed by atoms with E-state index in [1.54, 1.807) is 162 Å². The second-order valence-corrected chi connectivity index (χ2v) is 22.7. The molecule has 0 unspecified atom stereocenters. The van der Waals surface area contributed by atoms with Crippen molar-refractivity contribution < 1.29 is 62.2 Å². The molecule has 0 bridgehead atoms. The van der Waals surface area contributed by atoms with Gasteiger partial charge in [-0.25, -0.2) is 0 Å². The second kappa shape index (κ2) is 35.5. The van der Waals surface area contributed by atoms with Crippen LogP contribution in [0.1, 0.15) is 173 Å². The fourth-order valence-electron chi connectivity index (χ4n) is 8.67. The highest BCUT2D eigenvalue weighted by molar-refractivity contribution is 7.99. The SMILES string of the molecule is CC(=O)c1ccc(-c2ccc(C(C)=O)cc2)cc1.CC(=O)c1ccc(OCCOc2ccc(C(C)=O)cc2)cc1.CC(=O)c1ccc(Oc2ccc(C(C)=O)cc2)cc1.CC(=O)c1ccc(Sc2ccc(C(C)=O)cc2)cc1.CC(=O)c1ccc2cc(C(C)=O)ccc2c1. The average Bonchev–Trinajstić information content (AvgIpc) is 0.865. The number of ether oxygens (including phenoxy) is 3. The Balaban J connectivity index is 0.000000187. The monoisotopic (exact) mass is 1270 g/mol. The highest BCUT2D eigenvalue weighted by Gasteiger charge is 2.09. The Kier molecular flexibility index (Phi) is 27.2. The number of hydrogen-bond acceptors (Lipinski definition) is 14. The van der Waals surface area contributed by atoms with Gasteiger partial charge >= 0.3 is 0 Å². The van der Waals surface area contributed by atoms with Gasteiger partial charge in [0, 0.05) is 65.4 Å². The van der Waals surface area contributed by atoms with Gasteiger partial charge in [0.1, 0.15) is 36.2 Å². The highest BCUT2D eigenvalue weighted by Crippen LogP contribution is 2.29. The maximum atomic E-state index is 11.2. The summed E-state index contributed by atoms with van der Waals surface area (Å²) in [5, 5.41) is 1.97. The molecule has 0 aromatic heterocycles. The zero-order valence-corrected chi connectivity index (χ0v) is 54.9. The first-order valence-electron chi connectivity index (χ1n) is 29.9. The van der Waals surface area contributed by atoms with Crippen molar-refractivity contribution >= 4 is 80.4 Å². The molecule has 10 aromatic rings. The summed E-state index contributed by atoms with van der Waals surface area (Å²) in [5.41, 5.74) is 8.95. The standard InChI is InChI=1S/C18H18O4.C16H14O3.C16H14O2S.C16H14O2.C14H12O2/c1-13(19)15-3-7-17(8-4-15)21-11-12-22-18-9-5-16(6-10-18)14(2)20;2*1-11(17)13-3-7-15(8-4-13)19-16-9-5-14(6-10-16)12(2)18;1-11(17)13-3-7-15(8-4-13)16-9-5-14(6-10-16)12(2)18;1-9(15)11-3-5-14-8-12(10(2)16)4-6-13(14)7-11/h3-10H,11-12H2,1-2H3;2*3-10H,1-2H3;3-10H,1-2H3;3-8H,1-2H3. The van der Waals surface area contributed by atoms with Gasteiger partial charge in [-0.2, -0.15) is 0 Å².